The zero-order chi connectivity index (χ0) is 40.2. The molecule has 1 aromatic rings. The van der Waals surface area contributed by atoms with Crippen LogP contribution in [0.15, 0.2) is 30.3 Å². The van der Waals surface area contributed by atoms with E-state index in [0.29, 0.717) is 18.5 Å². The van der Waals surface area contributed by atoms with E-state index in [9.17, 15) is 29.1 Å². The van der Waals surface area contributed by atoms with Crippen LogP contribution in [0.4, 0.5) is 0 Å². The van der Waals surface area contributed by atoms with E-state index in [4.69, 9.17) is 9.47 Å². The zero-order valence-electron chi connectivity index (χ0n) is 34.0. The van der Waals surface area contributed by atoms with Crippen LogP contribution in [-0.4, -0.2) is 122 Å². The van der Waals surface area contributed by atoms with Crippen LogP contribution >= 0.6 is 0 Å². The van der Waals surface area contributed by atoms with E-state index in [-0.39, 0.29) is 47.8 Å². The molecule has 4 amide bonds. The first-order valence-corrected chi connectivity index (χ1v) is 19.1. The first kappa shape index (κ1) is 45.6. The summed E-state index contributed by atoms with van der Waals surface area (Å²) in [4.78, 5) is 70.7. The normalized spacial score (nSPS) is 19.7. The summed E-state index contributed by atoms with van der Waals surface area (Å²) in [6, 6.07) is 5.99. The Hall–Kier alpha value is -3.55. The molecular formula is C40H67N5O8. The Bertz CT molecular complexity index is 1340. The maximum atomic E-state index is 14.2. The van der Waals surface area contributed by atoms with Gasteiger partial charge in [-0.05, 0) is 50.1 Å². The molecule has 1 aliphatic rings. The molecule has 1 saturated heterocycles. The maximum Gasteiger partial charge on any atom is 0.313 e. The molecule has 300 valence electrons. The number of carboxylic acid groups (broad SMARTS) is 1. The molecule has 1 aromatic carbocycles. The van der Waals surface area contributed by atoms with E-state index >= 15 is 0 Å². The summed E-state index contributed by atoms with van der Waals surface area (Å²) in [5.74, 6) is -3.91. The molecule has 2 rings (SSSR count). The SMILES string of the molecule is CC[C@H](C)[C@@H]([C@@H](CC(=O)N1CCC[C@H]1[C@H](OC)[C@@H](C)C(=O)N[C@H](C)[C@@H](C(=O)O)c1ccccc1)OC)N(C)C(=O)[C@@H](NC(=O)[C@@H](NC)C(C)C)C(C)C. The third kappa shape index (κ3) is 11.7. The van der Waals surface area contributed by atoms with Gasteiger partial charge in [-0.3, -0.25) is 24.0 Å². The third-order valence-electron chi connectivity index (χ3n) is 11.0. The van der Waals surface area contributed by atoms with Gasteiger partial charge in [-0.15, -0.1) is 0 Å². The number of benzene rings is 1. The third-order valence-corrected chi connectivity index (χ3v) is 11.0. The zero-order valence-corrected chi connectivity index (χ0v) is 34.0. The number of amides is 4. The van der Waals surface area contributed by atoms with Gasteiger partial charge in [-0.2, -0.15) is 0 Å². The molecule has 1 heterocycles. The average Bonchev–Trinajstić information content (AvgIpc) is 3.60. The van der Waals surface area contributed by atoms with Crippen molar-refractivity contribution in [2.75, 3.05) is 34.9 Å². The summed E-state index contributed by atoms with van der Waals surface area (Å²) in [5.41, 5.74) is 0.588. The van der Waals surface area contributed by atoms with Gasteiger partial charge < -0.3 is 40.3 Å². The largest absolute Gasteiger partial charge is 0.481 e. The second-order valence-corrected chi connectivity index (χ2v) is 15.4. The molecule has 13 nitrogen and oxygen atoms in total. The number of ether oxygens (including phenoxy) is 2. The van der Waals surface area contributed by atoms with Gasteiger partial charge in [0.1, 0.15) is 12.0 Å². The number of methoxy groups -OCH3 is 2. The molecule has 0 aliphatic carbocycles. The summed E-state index contributed by atoms with van der Waals surface area (Å²) in [6.07, 6.45) is 0.779. The topological polar surface area (TPSA) is 167 Å². The van der Waals surface area contributed by atoms with Gasteiger partial charge in [0.2, 0.25) is 23.6 Å². The Morgan fingerprint density at radius 3 is 2.00 bits per heavy atom. The lowest BCUT2D eigenvalue weighted by atomic mass is 9.89. The van der Waals surface area contributed by atoms with Crippen molar-refractivity contribution in [3.8, 4) is 0 Å². The van der Waals surface area contributed by atoms with Crippen molar-refractivity contribution in [2.45, 2.75) is 129 Å². The fourth-order valence-electron chi connectivity index (χ4n) is 7.79. The molecular weight excluding hydrogens is 678 g/mol. The van der Waals surface area contributed by atoms with E-state index in [1.807, 2.05) is 41.5 Å². The number of carboxylic acids is 1. The molecule has 4 N–H and O–H groups in total. The summed E-state index contributed by atoms with van der Waals surface area (Å²) in [5, 5.41) is 18.9. The molecule has 0 bridgehead atoms. The summed E-state index contributed by atoms with van der Waals surface area (Å²) in [6.45, 7) is 15.6. The first-order chi connectivity index (χ1) is 25.0. The van der Waals surface area contributed by atoms with Crippen molar-refractivity contribution in [2.24, 2.45) is 23.7 Å². The van der Waals surface area contributed by atoms with Crippen LogP contribution in [0, 0.1) is 23.7 Å². The quantitative estimate of drug-likeness (QED) is 0.147. The molecule has 53 heavy (non-hydrogen) atoms. The second kappa shape index (κ2) is 21.4. The highest BCUT2D eigenvalue weighted by molar-refractivity contribution is 5.90. The van der Waals surface area contributed by atoms with Crippen molar-refractivity contribution < 1.29 is 38.6 Å². The molecule has 0 unspecified atom stereocenters. The van der Waals surface area contributed by atoms with Crippen LogP contribution < -0.4 is 16.0 Å². The number of nitrogens with one attached hydrogen (secondary N) is 3. The number of carbonyl (C=O) groups excluding carboxylic acids is 4. The predicted octanol–water partition coefficient (Wildman–Crippen LogP) is 3.66. The highest BCUT2D eigenvalue weighted by Crippen LogP contribution is 2.30. The Morgan fingerprint density at radius 1 is 0.906 bits per heavy atom. The highest BCUT2D eigenvalue weighted by Gasteiger charge is 2.43. The number of likely N-dealkylation sites (N-methyl/N-ethyl adjacent to an activating group) is 2. The summed E-state index contributed by atoms with van der Waals surface area (Å²) in [7, 11) is 6.49. The Balaban J connectivity index is 2.27. The molecule has 10 atom stereocenters. The summed E-state index contributed by atoms with van der Waals surface area (Å²) < 4.78 is 11.9. The van der Waals surface area contributed by atoms with Gasteiger partial charge in [0.15, 0.2) is 0 Å². The minimum Gasteiger partial charge on any atom is -0.481 e. The van der Waals surface area contributed by atoms with Crippen LogP contribution in [0.1, 0.15) is 92.6 Å². The van der Waals surface area contributed by atoms with Crippen molar-refractivity contribution in [1.29, 1.82) is 0 Å². The van der Waals surface area contributed by atoms with Crippen LogP contribution in [0.2, 0.25) is 0 Å². The van der Waals surface area contributed by atoms with Crippen LogP contribution in [0.25, 0.3) is 0 Å². The van der Waals surface area contributed by atoms with Crippen molar-refractivity contribution in [1.82, 2.24) is 25.8 Å². The molecule has 0 aromatic heterocycles. The molecule has 0 spiro atoms. The summed E-state index contributed by atoms with van der Waals surface area (Å²) >= 11 is 0. The number of rotatable bonds is 21. The van der Waals surface area contributed by atoms with Crippen molar-refractivity contribution in [3.05, 3.63) is 35.9 Å². The Labute approximate surface area is 317 Å². The van der Waals surface area contributed by atoms with Crippen LogP contribution in [0.5, 0.6) is 0 Å². The first-order valence-electron chi connectivity index (χ1n) is 19.1. The van der Waals surface area contributed by atoms with Gasteiger partial charge in [0.25, 0.3) is 0 Å². The van der Waals surface area contributed by atoms with E-state index < -0.39 is 60.2 Å². The predicted molar refractivity (Wildman–Crippen MR) is 205 cm³/mol. The number of hydrogen-bond acceptors (Lipinski definition) is 8. The number of hydrogen-bond donors (Lipinski definition) is 4. The fraction of sp³-hybridized carbons (Fsp3) is 0.725. The van der Waals surface area contributed by atoms with Gasteiger partial charge >= 0.3 is 5.97 Å². The molecule has 1 aliphatic heterocycles. The van der Waals surface area contributed by atoms with E-state index in [1.165, 1.54) is 7.11 Å². The minimum atomic E-state index is -1.04. The Morgan fingerprint density at radius 2 is 1.51 bits per heavy atom. The minimum absolute atomic E-state index is 0.00107. The lowest BCUT2D eigenvalue weighted by molar-refractivity contribution is -0.148. The molecule has 13 heteroatoms. The van der Waals surface area contributed by atoms with Crippen molar-refractivity contribution in [3.63, 3.8) is 0 Å². The average molecular weight is 746 g/mol. The Kier molecular flexibility index (Phi) is 18.4. The van der Waals surface area contributed by atoms with Gasteiger partial charge in [0, 0.05) is 33.9 Å². The smallest absolute Gasteiger partial charge is 0.313 e. The monoisotopic (exact) mass is 745 g/mol. The van der Waals surface area contributed by atoms with Gasteiger partial charge in [0.05, 0.1) is 42.7 Å². The second-order valence-electron chi connectivity index (χ2n) is 15.4. The van der Waals surface area contributed by atoms with E-state index in [0.717, 1.165) is 12.8 Å². The van der Waals surface area contributed by atoms with Crippen LogP contribution in [-0.2, 0) is 33.4 Å². The number of likely N-dealkylation sites (tertiary alicyclic amines) is 1. The van der Waals surface area contributed by atoms with Gasteiger partial charge in [-0.1, -0.05) is 85.2 Å². The van der Waals surface area contributed by atoms with Gasteiger partial charge in [-0.25, -0.2) is 0 Å². The number of nitrogens with zero attached hydrogens (tertiary/aromatic N) is 2. The molecule has 0 saturated carbocycles. The van der Waals surface area contributed by atoms with E-state index in [1.54, 1.807) is 75.2 Å². The standard InChI is InChI=1S/C40H67N5O8/c1-13-25(6)35(44(10)39(49)34(24(4)5)43-38(48)33(41-9)23(2)3)30(52-11)22-31(46)45-21-17-20-29(45)36(53-12)26(7)37(47)42-27(8)32(40(50)51)28-18-15-14-16-19-28/h14-16,18-19,23-27,29-30,32-36,41H,13,17,20-22H2,1-12H3,(H,42,47)(H,43,48)(H,50,51)/t25-,26+,27+,29-,30+,32+,33-,34-,35-,36+/m0/s1. The fourth-order valence-corrected chi connectivity index (χ4v) is 7.79. The highest BCUT2D eigenvalue weighted by atomic mass is 16.5. The van der Waals surface area contributed by atoms with E-state index in [2.05, 4.69) is 16.0 Å². The van der Waals surface area contributed by atoms with Crippen molar-refractivity contribution >= 4 is 29.6 Å². The van der Waals surface area contributed by atoms with Crippen LogP contribution in [0.3, 0.4) is 0 Å². The lowest BCUT2D eigenvalue weighted by Gasteiger charge is -2.41. The lowest BCUT2D eigenvalue weighted by Crippen LogP contribution is -2.59. The number of aliphatic carboxylic acids is 1. The molecule has 1 fully saturated rings. The maximum absolute atomic E-state index is 14.2. The number of carbonyl (C=O) groups is 5. The molecule has 0 radical (unpaired) electrons.